The lowest BCUT2D eigenvalue weighted by Gasteiger charge is -2.23. The summed E-state index contributed by atoms with van der Waals surface area (Å²) in [4.78, 5) is 18.3. The minimum atomic E-state index is 0.0390. The molecule has 1 aromatic heterocycles. The van der Waals surface area contributed by atoms with Gasteiger partial charge in [0.25, 0.3) is 0 Å². The van der Waals surface area contributed by atoms with Crippen LogP contribution in [0.5, 0.6) is 5.75 Å². The average molecular weight is 329 g/mol. The Balaban J connectivity index is 1.36. The van der Waals surface area contributed by atoms with Crippen molar-refractivity contribution in [2.75, 3.05) is 26.2 Å². The van der Waals surface area contributed by atoms with Gasteiger partial charge >= 0.3 is 0 Å². The summed E-state index contributed by atoms with van der Waals surface area (Å²) in [5.41, 5.74) is 0. The van der Waals surface area contributed by atoms with Crippen molar-refractivity contribution in [3.05, 3.63) is 43.0 Å². The molecule has 2 heterocycles. The monoisotopic (exact) mass is 329 g/mol. The van der Waals surface area contributed by atoms with Crippen LogP contribution in [0.2, 0.25) is 0 Å². The summed E-state index contributed by atoms with van der Waals surface area (Å²) in [6.07, 6.45) is 5.46. The summed E-state index contributed by atoms with van der Waals surface area (Å²) >= 11 is 0. The van der Waals surface area contributed by atoms with E-state index in [0.29, 0.717) is 25.7 Å². The van der Waals surface area contributed by atoms with Crippen LogP contribution in [0.25, 0.3) is 0 Å². The maximum absolute atomic E-state index is 12.1. The maximum atomic E-state index is 12.1. The second-order valence-electron chi connectivity index (χ2n) is 5.90. The van der Waals surface area contributed by atoms with Crippen LogP contribution in [0.4, 0.5) is 0 Å². The lowest BCUT2D eigenvalue weighted by atomic mass is 10.2. The molecule has 0 spiro atoms. The summed E-state index contributed by atoms with van der Waals surface area (Å²) < 4.78 is 7.40. The Morgan fingerprint density at radius 2 is 2.21 bits per heavy atom. The second kappa shape index (κ2) is 8.44. The number of rotatable bonds is 8. The number of hydrogen-bond donors (Lipinski definition) is 1. The Bertz CT molecular complexity index is 617. The SMILES string of the molecule is O=C(CN1CCCC1Cn1cncn1)NCCOc1ccccc1. The molecule has 128 valence electrons. The van der Waals surface area contributed by atoms with Gasteiger partial charge in [0.1, 0.15) is 25.0 Å². The summed E-state index contributed by atoms with van der Waals surface area (Å²) in [6, 6.07) is 9.95. The fourth-order valence-corrected chi connectivity index (χ4v) is 2.97. The molecule has 2 aromatic rings. The van der Waals surface area contributed by atoms with Gasteiger partial charge in [0.2, 0.25) is 5.91 Å². The molecule has 1 aliphatic rings. The molecule has 7 nitrogen and oxygen atoms in total. The number of amides is 1. The Hall–Kier alpha value is -2.41. The standard InChI is InChI=1S/C17H23N5O2/c23-17(19-8-10-24-16-6-2-1-3-7-16)12-21-9-4-5-15(21)11-22-14-18-13-20-22/h1-3,6-7,13-15H,4-5,8-12H2,(H,19,23). The van der Waals surface area contributed by atoms with E-state index >= 15 is 0 Å². The normalized spacial score (nSPS) is 17.8. The molecule has 1 atom stereocenters. The molecule has 0 aliphatic carbocycles. The summed E-state index contributed by atoms with van der Waals surface area (Å²) in [7, 11) is 0. The van der Waals surface area contributed by atoms with Gasteiger partial charge in [-0.25, -0.2) is 4.98 Å². The summed E-state index contributed by atoms with van der Waals surface area (Å²) in [6.45, 7) is 3.13. The van der Waals surface area contributed by atoms with Crippen molar-refractivity contribution in [3.8, 4) is 5.75 Å². The van der Waals surface area contributed by atoms with Gasteiger partial charge in [0.05, 0.1) is 19.6 Å². The van der Waals surface area contributed by atoms with E-state index in [4.69, 9.17) is 4.74 Å². The third-order valence-corrected chi connectivity index (χ3v) is 4.15. The third kappa shape index (κ3) is 4.79. The molecule has 1 N–H and O–H groups in total. The zero-order valence-corrected chi connectivity index (χ0v) is 13.7. The van der Waals surface area contributed by atoms with Crippen LogP contribution in [0, 0.1) is 0 Å². The van der Waals surface area contributed by atoms with Crippen molar-refractivity contribution >= 4 is 5.91 Å². The molecule has 7 heteroatoms. The Kier molecular flexibility index (Phi) is 5.79. The second-order valence-corrected chi connectivity index (χ2v) is 5.90. The van der Waals surface area contributed by atoms with Gasteiger partial charge in [0, 0.05) is 6.04 Å². The highest BCUT2D eigenvalue weighted by molar-refractivity contribution is 5.78. The molecule has 0 bridgehead atoms. The molecule has 24 heavy (non-hydrogen) atoms. The van der Waals surface area contributed by atoms with E-state index in [1.54, 1.807) is 12.7 Å². The number of nitrogens with one attached hydrogen (secondary N) is 1. The highest BCUT2D eigenvalue weighted by atomic mass is 16.5. The van der Waals surface area contributed by atoms with E-state index in [1.807, 2.05) is 35.0 Å². The van der Waals surface area contributed by atoms with Gasteiger partial charge in [-0.15, -0.1) is 0 Å². The third-order valence-electron chi connectivity index (χ3n) is 4.15. The molecule has 1 fully saturated rings. The number of carbonyl (C=O) groups excluding carboxylic acids is 1. The first-order valence-electron chi connectivity index (χ1n) is 8.32. The maximum Gasteiger partial charge on any atom is 0.234 e. The number of aromatic nitrogens is 3. The predicted molar refractivity (Wildman–Crippen MR) is 89.6 cm³/mol. The fraction of sp³-hybridized carbons (Fsp3) is 0.471. The molecule has 0 radical (unpaired) electrons. The van der Waals surface area contributed by atoms with Crippen molar-refractivity contribution in [3.63, 3.8) is 0 Å². The Morgan fingerprint density at radius 3 is 3.00 bits per heavy atom. The summed E-state index contributed by atoms with van der Waals surface area (Å²) in [5, 5.41) is 7.06. The lowest BCUT2D eigenvalue weighted by Crippen LogP contribution is -2.42. The smallest absolute Gasteiger partial charge is 0.234 e. The Morgan fingerprint density at radius 1 is 1.33 bits per heavy atom. The molecule has 1 saturated heterocycles. The van der Waals surface area contributed by atoms with Gasteiger partial charge in [0.15, 0.2) is 0 Å². The Labute approximate surface area is 141 Å². The van der Waals surface area contributed by atoms with Gasteiger partial charge in [-0.3, -0.25) is 14.4 Å². The largest absolute Gasteiger partial charge is 0.492 e. The number of para-hydroxylation sites is 1. The van der Waals surface area contributed by atoms with Crippen LogP contribution in [0.3, 0.4) is 0 Å². The molecule has 1 unspecified atom stereocenters. The van der Waals surface area contributed by atoms with Gasteiger partial charge in [-0.1, -0.05) is 18.2 Å². The molecule has 1 aromatic carbocycles. The number of likely N-dealkylation sites (tertiary alicyclic amines) is 1. The molecular weight excluding hydrogens is 306 g/mol. The quantitative estimate of drug-likeness (QED) is 0.730. The first-order chi connectivity index (χ1) is 11.8. The summed E-state index contributed by atoms with van der Waals surface area (Å²) in [5.74, 6) is 0.858. The van der Waals surface area contributed by atoms with Crippen LogP contribution in [0.1, 0.15) is 12.8 Å². The number of benzene rings is 1. The minimum absolute atomic E-state index is 0.0390. The number of carbonyl (C=O) groups is 1. The average Bonchev–Trinajstić information content (AvgIpc) is 3.26. The van der Waals surface area contributed by atoms with E-state index in [0.717, 1.165) is 31.7 Å². The highest BCUT2D eigenvalue weighted by Gasteiger charge is 2.26. The number of nitrogens with zero attached hydrogens (tertiary/aromatic N) is 4. The molecule has 1 aliphatic heterocycles. The van der Waals surface area contributed by atoms with Gasteiger partial charge in [-0.2, -0.15) is 5.10 Å². The highest BCUT2D eigenvalue weighted by Crippen LogP contribution is 2.17. The molecule has 3 rings (SSSR count). The first-order valence-corrected chi connectivity index (χ1v) is 8.32. The van der Waals surface area contributed by atoms with Gasteiger partial charge in [-0.05, 0) is 31.5 Å². The van der Waals surface area contributed by atoms with E-state index in [1.165, 1.54) is 0 Å². The van der Waals surface area contributed by atoms with Crippen molar-refractivity contribution in [1.82, 2.24) is 25.0 Å². The van der Waals surface area contributed by atoms with Crippen molar-refractivity contribution in [2.24, 2.45) is 0 Å². The minimum Gasteiger partial charge on any atom is -0.492 e. The lowest BCUT2D eigenvalue weighted by molar-refractivity contribution is -0.122. The van der Waals surface area contributed by atoms with Crippen LogP contribution < -0.4 is 10.1 Å². The molecule has 1 amide bonds. The zero-order chi connectivity index (χ0) is 16.6. The first kappa shape index (κ1) is 16.4. The van der Waals surface area contributed by atoms with E-state index < -0.39 is 0 Å². The zero-order valence-electron chi connectivity index (χ0n) is 13.7. The van der Waals surface area contributed by atoms with Crippen LogP contribution in [-0.4, -0.2) is 57.9 Å². The topological polar surface area (TPSA) is 72.3 Å². The number of hydrogen-bond acceptors (Lipinski definition) is 5. The van der Waals surface area contributed by atoms with Crippen molar-refractivity contribution in [2.45, 2.75) is 25.4 Å². The number of ether oxygens (including phenoxy) is 1. The molecular formula is C17H23N5O2. The van der Waals surface area contributed by atoms with E-state index in [2.05, 4.69) is 20.3 Å². The van der Waals surface area contributed by atoms with E-state index in [9.17, 15) is 4.79 Å². The molecule has 0 saturated carbocycles. The fourth-order valence-electron chi connectivity index (χ4n) is 2.97. The van der Waals surface area contributed by atoms with Crippen LogP contribution in [-0.2, 0) is 11.3 Å². The van der Waals surface area contributed by atoms with Crippen molar-refractivity contribution < 1.29 is 9.53 Å². The van der Waals surface area contributed by atoms with E-state index in [-0.39, 0.29) is 5.91 Å². The van der Waals surface area contributed by atoms with Crippen LogP contribution >= 0.6 is 0 Å². The van der Waals surface area contributed by atoms with Crippen molar-refractivity contribution in [1.29, 1.82) is 0 Å². The van der Waals surface area contributed by atoms with Crippen LogP contribution in [0.15, 0.2) is 43.0 Å². The predicted octanol–water partition coefficient (Wildman–Crippen LogP) is 0.938. The van der Waals surface area contributed by atoms with Gasteiger partial charge < -0.3 is 10.1 Å².